The van der Waals surface area contributed by atoms with Crippen molar-refractivity contribution in [2.24, 2.45) is 0 Å². The molecule has 2 aromatic carbocycles. The molecule has 0 amide bonds. The number of para-hydroxylation sites is 1. The molecule has 0 aliphatic rings. The van der Waals surface area contributed by atoms with Crippen LogP contribution in [-0.4, -0.2) is 34.4 Å². The Hall–Kier alpha value is -3.13. The Kier molecular flexibility index (Phi) is 3.77. The fourth-order valence-corrected chi connectivity index (χ4v) is 3.59. The Bertz CT molecular complexity index is 1230. The molecule has 4 aromatic rings. The number of halogens is 1. The lowest BCUT2D eigenvalue weighted by atomic mass is 10.2. The predicted octanol–water partition coefficient (Wildman–Crippen LogP) is 3.03. The molecule has 0 unspecified atom stereocenters. The first-order valence-electron chi connectivity index (χ1n) is 7.70. The largest absolute Gasteiger partial charge is 0.234 e. The maximum Gasteiger partial charge on any atom is 0.177 e. The minimum atomic E-state index is -3.44. The van der Waals surface area contributed by atoms with E-state index in [4.69, 9.17) is 0 Å². The van der Waals surface area contributed by atoms with Crippen LogP contribution in [0.3, 0.4) is 0 Å². The highest BCUT2D eigenvalue weighted by molar-refractivity contribution is 7.90. The summed E-state index contributed by atoms with van der Waals surface area (Å²) in [6.45, 7) is 0. The summed E-state index contributed by atoms with van der Waals surface area (Å²) in [6, 6.07) is 12.8. The lowest BCUT2D eigenvalue weighted by Gasteiger charge is -2.09. The summed E-state index contributed by atoms with van der Waals surface area (Å²) in [7, 11) is -3.44. The van der Waals surface area contributed by atoms with Crippen molar-refractivity contribution in [2.45, 2.75) is 4.90 Å². The molecule has 0 saturated carbocycles. The molecule has 6 nitrogen and oxygen atoms in total. The molecule has 0 aliphatic heterocycles. The van der Waals surface area contributed by atoms with Crippen molar-refractivity contribution in [1.82, 2.24) is 19.7 Å². The summed E-state index contributed by atoms with van der Waals surface area (Å²) in [5.74, 6) is -0.173. The monoisotopic (exact) mass is 368 g/mol. The molecule has 0 fully saturated rings. The molecule has 0 saturated heterocycles. The normalized spacial score (nSPS) is 11.8. The van der Waals surface area contributed by atoms with Gasteiger partial charge in [0.25, 0.3) is 0 Å². The SMILES string of the molecule is CS(=O)(=O)c1ccccc1-n1ncc2nc(-c3ccccc3F)ncc21. The molecule has 4 rings (SSSR count). The third-order valence-corrected chi connectivity index (χ3v) is 5.07. The molecule has 0 N–H and O–H groups in total. The van der Waals surface area contributed by atoms with Crippen LogP contribution >= 0.6 is 0 Å². The summed E-state index contributed by atoms with van der Waals surface area (Å²) in [5, 5.41) is 4.25. The zero-order valence-electron chi connectivity index (χ0n) is 13.7. The molecule has 2 aromatic heterocycles. The highest BCUT2D eigenvalue weighted by Crippen LogP contribution is 2.25. The van der Waals surface area contributed by atoms with Crippen molar-refractivity contribution >= 4 is 20.9 Å². The maximum absolute atomic E-state index is 14.0. The van der Waals surface area contributed by atoms with Gasteiger partial charge >= 0.3 is 0 Å². The maximum atomic E-state index is 14.0. The third kappa shape index (κ3) is 2.74. The second-order valence-corrected chi connectivity index (χ2v) is 7.72. The summed E-state index contributed by atoms with van der Waals surface area (Å²) >= 11 is 0. The number of fused-ring (bicyclic) bond motifs is 1. The van der Waals surface area contributed by atoms with Gasteiger partial charge in [0, 0.05) is 6.26 Å². The van der Waals surface area contributed by atoms with Gasteiger partial charge in [-0.15, -0.1) is 0 Å². The lowest BCUT2D eigenvalue weighted by molar-refractivity contribution is 0.601. The Morgan fingerprint density at radius 3 is 2.50 bits per heavy atom. The van der Waals surface area contributed by atoms with Gasteiger partial charge in [0.1, 0.15) is 16.9 Å². The second-order valence-electron chi connectivity index (χ2n) is 5.74. The Morgan fingerprint density at radius 2 is 1.73 bits per heavy atom. The molecule has 0 bridgehead atoms. The standard InChI is InChI=1S/C18H13FN4O2S/c1-26(24,25)17-9-5-4-8-15(17)23-16-11-20-18(22-14(16)10-21-23)12-6-2-3-7-13(12)19/h2-11H,1H3. The van der Waals surface area contributed by atoms with Crippen molar-refractivity contribution < 1.29 is 12.8 Å². The zero-order chi connectivity index (χ0) is 18.3. The van der Waals surface area contributed by atoms with E-state index in [0.29, 0.717) is 22.3 Å². The van der Waals surface area contributed by atoms with Gasteiger partial charge in [-0.1, -0.05) is 24.3 Å². The van der Waals surface area contributed by atoms with Crippen LogP contribution in [0, 0.1) is 5.82 Å². The van der Waals surface area contributed by atoms with E-state index in [9.17, 15) is 12.8 Å². The van der Waals surface area contributed by atoms with Crippen molar-refractivity contribution in [3.8, 4) is 17.1 Å². The van der Waals surface area contributed by atoms with Gasteiger partial charge in [-0.05, 0) is 24.3 Å². The number of aromatic nitrogens is 4. The van der Waals surface area contributed by atoms with Gasteiger partial charge in [-0.25, -0.2) is 27.5 Å². The van der Waals surface area contributed by atoms with Crippen LogP contribution in [0.25, 0.3) is 28.1 Å². The highest BCUT2D eigenvalue weighted by Gasteiger charge is 2.17. The molecule has 0 aliphatic carbocycles. The molecule has 26 heavy (non-hydrogen) atoms. The summed E-state index contributed by atoms with van der Waals surface area (Å²) in [6.07, 6.45) is 4.15. The number of hydrogen-bond donors (Lipinski definition) is 0. The van der Waals surface area contributed by atoms with E-state index in [0.717, 1.165) is 6.26 Å². The Morgan fingerprint density at radius 1 is 1.00 bits per heavy atom. The van der Waals surface area contributed by atoms with Gasteiger partial charge in [-0.2, -0.15) is 5.10 Å². The number of rotatable bonds is 3. The number of nitrogens with zero attached hydrogens (tertiary/aromatic N) is 4. The van der Waals surface area contributed by atoms with Gasteiger partial charge in [0.15, 0.2) is 15.7 Å². The molecular formula is C18H13FN4O2S. The molecule has 0 spiro atoms. The minimum absolute atomic E-state index is 0.156. The quantitative estimate of drug-likeness (QED) is 0.555. The number of sulfone groups is 1. The fourth-order valence-electron chi connectivity index (χ4n) is 2.73. The van der Waals surface area contributed by atoms with Gasteiger partial charge in [0.05, 0.1) is 28.5 Å². The number of benzene rings is 2. The van der Waals surface area contributed by atoms with Gasteiger partial charge < -0.3 is 0 Å². The van der Waals surface area contributed by atoms with E-state index < -0.39 is 15.7 Å². The van der Waals surface area contributed by atoms with Crippen LogP contribution in [0.1, 0.15) is 0 Å². The van der Waals surface area contributed by atoms with Crippen LogP contribution in [0.2, 0.25) is 0 Å². The van der Waals surface area contributed by atoms with Crippen LogP contribution in [0.15, 0.2) is 65.8 Å². The van der Waals surface area contributed by atoms with Crippen LogP contribution in [0.5, 0.6) is 0 Å². The summed E-state index contributed by atoms with van der Waals surface area (Å²) in [4.78, 5) is 8.74. The average Bonchev–Trinajstić information content (AvgIpc) is 3.04. The average molecular weight is 368 g/mol. The van der Waals surface area contributed by atoms with Gasteiger partial charge in [0.2, 0.25) is 0 Å². The van der Waals surface area contributed by atoms with Crippen molar-refractivity contribution in [3.63, 3.8) is 0 Å². The van der Waals surface area contributed by atoms with Gasteiger partial charge in [-0.3, -0.25) is 0 Å². The summed E-state index contributed by atoms with van der Waals surface area (Å²) in [5.41, 5.74) is 1.72. The Labute approximate surface area is 148 Å². The predicted molar refractivity (Wildman–Crippen MR) is 95.2 cm³/mol. The topological polar surface area (TPSA) is 77.7 Å². The molecule has 0 atom stereocenters. The smallest absolute Gasteiger partial charge is 0.177 e. The van der Waals surface area contributed by atoms with E-state index >= 15 is 0 Å². The molecular weight excluding hydrogens is 355 g/mol. The highest BCUT2D eigenvalue weighted by atomic mass is 32.2. The first kappa shape index (κ1) is 16.3. The van der Waals surface area contributed by atoms with E-state index in [1.165, 1.54) is 29.2 Å². The van der Waals surface area contributed by atoms with Crippen LogP contribution < -0.4 is 0 Å². The fraction of sp³-hybridized carbons (Fsp3) is 0.0556. The first-order valence-corrected chi connectivity index (χ1v) is 9.59. The van der Waals surface area contributed by atoms with Crippen LogP contribution in [0.4, 0.5) is 4.39 Å². The van der Waals surface area contributed by atoms with Crippen LogP contribution in [-0.2, 0) is 9.84 Å². The lowest BCUT2D eigenvalue weighted by Crippen LogP contribution is -2.06. The second kappa shape index (κ2) is 5.99. The molecule has 130 valence electrons. The van der Waals surface area contributed by atoms with E-state index in [2.05, 4.69) is 15.1 Å². The number of hydrogen-bond acceptors (Lipinski definition) is 5. The molecule has 2 heterocycles. The molecule has 8 heteroatoms. The molecule has 0 radical (unpaired) electrons. The minimum Gasteiger partial charge on any atom is -0.234 e. The van der Waals surface area contributed by atoms with E-state index in [1.54, 1.807) is 36.4 Å². The summed E-state index contributed by atoms with van der Waals surface area (Å²) < 4.78 is 39.5. The Balaban J connectivity index is 1.90. The van der Waals surface area contributed by atoms with Crippen molar-refractivity contribution in [1.29, 1.82) is 0 Å². The first-order chi connectivity index (χ1) is 12.4. The van der Waals surface area contributed by atoms with E-state index in [1.807, 2.05) is 0 Å². The third-order valence-electron chi connectivity index (χ3n) is 3.93. The van der Waals surface area contributed by atoms with Crippen molar-refractivity contribution in [2.75, 3.05) is 6.26 Å². The zero-order valence-corrected chi connectivity index (χ0v) is 14.5. The van der Waals surface area contributed by atoms with Crippen molar-refractivity contribution in [3.05, 3.63) is 66.7 Å². The van der Waals surface area contributed by atoms with E-state index in [-0.39, 0.29) is 10.7 Å².